The summed E-state index contributed by atoms with van der Waals surface area (Å²) >= 11 is 0. The van der Waals surface area contributed by atoms with Crippen LogP contribution in [-0.2, 0) is 11.8 Å². The van der Waals surface area contributed by atoms with Gasteiger partial charge in [-0.25, -0.2) is 0 Å². The summed E-state index contributed by atoms with van der Waals surface area (Å²) in [5, 5.41) is 4.55. The molecule has 0 amide bonds. The zero-order chi connectivity index (χ0) is 13.1. The molecular formula is C14H25N3O. The van der Waals surface area contributed by atoms with Gasteiger partial charge < -0.3 is 4.74 Å². The summed E-state index contributed by atoms with van der Waals surface area (Å²) in [4.78, 5) is 2.59. The number of rotatable bonds is 5. The summed E-state index contributed by atoms with van der Waals surface area (Å²) in [7, 11) is 3.81. The fourth-order valence-corrected chi connectivity index (χ4v) is 3.10. The van der Waals surface area contributed by atoms with Crippen LogP contribution in [0.4, 0.5) is 0 Å². The summed E-state index contributed by atoms with van der Waals surface area (Å²) in [6, 6.07) is 0.565. The highest BCUT2D eigenvalue weighted by Crippen LogP contribution is 2.35. The van der Waals surface area contributed by atoms with Crippen LogP contribution in [0.5, 0.6) is 0 Å². The molecule has 0 bridgehead atoms. The molecule has 0 unspecified atom stereocenters. The molecule has 2 heterocycles. The number of hydrogen-bond acceptors (Lipinski definition) is 3. The molecule has 1 aliphatic rings. The van der Waals surface area contributed by atoms with Gasteiger partial charge in [0.1, 0.15) is 0 Å². The second-order valence-electron chi connectivity index (χ2n) is 5.25. The van der Waals surface area contributed by atoms with Gasteiger partial charge in [0.2, 0.25) is 0 Å². The zero-order valence-electron chi connectivity index (χ0n) is 12.1. The Bertz CT molecular complexity index is 400. The monoisotopic (exact) mass is 251 g/mol. The molecule has 1 aromatic rings. The van der Waals surface area contributed by atoms with Crippen molar-refractivity contribution in [1.29, 1.82) is 0 Å². The predicted octanol–water partition coefficient (Wildman–Crippen LogP) is 2.21. The van der Waals surface area contributed by atoms with Crippen LogP contribution >= 0.6 is 0 Å². The van der Waals surface area contributed by atoms with Gasteiger partial charge in [-0.15, -0.1) is 0 Å². The predicted molar refractivity (Wildman–Crippen MR) is 72.7 cm³/mol. The van der Waals surface area contributed by atoms with Crippen molar-refractivity contribution in [3.8, 4) is 0 Å². The lowest BCUT2D eigenvalue weighted by Gasteiger charge is -2.25. The molecule has 1 aliphatic heterocycles. The Morgan fingerprint density at radius 3 is 2.78 bits per heavy atom. The molecule has 1 atom stereocenters. The molecule has 1 aromatic heterocycles. The minimum atomic E-state index is 0.565. The zero-order valence-corrected chi connectivity index (χ0v) is 12.1. The average Bonchev–Trinajstić information content (AvgIpc) is 2.86. The van der Waals surface area contributed by atoms with E-state index in [1.54, 1.807) is 7.11 Å². The Morgan fingerprint density at radius 2 is 2.17 bits per heavy atom. The van der Waals surface area contributed by atoms with Gasteiger partial charge in [-0.05, 0) is 39.7 Å². The fraction of sp³-hybridized carbons (Fsp3) is 0.786. The lowest BCUT2D eigenvalue weighted by atomic mass is 10.0. The third-order valence-electron chi connectivity index (χ3n) is 4.06. The third kappa shape index (κ3) is 2.59. The average molecular weight is 251 g/mol. The summed E-state index contributed by atoms with van der Waals surface area (Å²) in [5.41, 5.74) is 3.96. The molecule has 1 saturated heterocycles. The summed E-state index contributed by atoms with van der Waals surface area (Å²) in [6.45, 7) is 7.51. The van der Waals surface area contributed by atoms with Gasteiger partial charge in [-0.3, -0.25) is 9.58 Å². The Labute approximate surface area is 110 Å². The molecule has 0 saturated carbocycles. The molecular weight excluding hydrogens is 226 g/mol. The standard InChI is InChI=1S/C14H25N3O/c1-11-14(12(2)16(3)15-11)13-7-5-8-17(13)9-6-10-18-4/h13H,5-10H2,1-4H3/t13-/m0/s1. The minimum Gasteiger partial charge on any atom is -0.385 e. The Hall–Kier alpha value is -0.870. The van der Waals surface area contributed by atoms with E-state index in [0.717, 1.165) is 19.6 Å². The fourth-order valence-electron chi connectivity index (χ4n) is 3.10. The summed E-state index contributed by atoms with van der Waals surface area (Å²) in [5.74, 6) is 0. The van der Waals surface area contributed by atoms with Gasteiger partial charge in [0.15, 0.2) is 0 Å². The van der Waals surface area contributed by atoms with E-state index in [4.69, 9.17) is 4.74 Å². The van der Waals surface area contributed by atoms with Crippen LogP contribution in [0.1, 0.15) is 42.3 Å². The first-order valence-corrected chi connectivity index (χ1v) is 6.88. The second-order valence-corrected chi connectivity index (χ2v) is 5.25. The molecule has 0 spiro atoms. The Kier molecular flexibility index (Phi) is 4.40. The first-order chi connectivity index (χ1) is 8.65. The van der Waals surface area contributed by atoms with E-state index < -0.39 is 0 Å². The molecule has 0 radical (unpaired) electrons. The number of ether oxygens (including phenoxy) is 1. The first-order valence-electron chi connectivity index (χ1n) is 6.88. The first kappa shape index (κ1) is 13.6. The maximum absolute atomic E-state index is 5.15. The highest BCUT2D eigenvalue weighted by molar-refractivity contribution is 5.29. The lowest BCUT2D eigenvalue weighted by Crippen LogP contribution is -2.26. The van der Waals surface area contributed by atoms with Crippen LogP contribution in [-0.4, -0.2) is 41.5 Å². The number of aromatic nitrogens is 2. The van der Waals surface area contributed by atoms with Crippen molar-refractivity contribution in [1.82, 2.24) is 14.7 Å². The van der Waals surface area contributed by atoms with Crippen LogP contribution in [0.25, 0.3) is 0 Å². The van der Waals surface area contributed by atoms with Gasteiger partial charge in [-0.1, -0.05) is 0 Å². The van der Waals surface area contributed by atoms with Crippen molar-refractivity contribution in [2.24, 2.45) is 7.05 Å². The van der Waals surface area contributed by atoms with Crippen molar-refractivity contribution in [3.63, 3.8) is 0 Å². The van der Waals surface area contributed by atoms with E-state index in [-0.39, 0.29) is 0 Å². The van der Waals surface area contributed by atoms with E-state index in [1.165, 1.54) is 36.3 Å². The van der Waals surface area contributed by atoms with Crippen molar-refractivity contribution in [3.05, 3.63) is 17.0 Å². The highest BCUT2D eigenvalue weighted by atomic mass is 16.5. The van der Waals surface area contributed by atoms with Crippen LogP contribution < -0.4 is 0 Å². The maximum atomic E-state index is 5.15. The normalized spacial score (nSPS) is 20.8. The van der Waals surface area contributed by atoms with Crippen molar-refractivity contribution >= 4 is 0 Å². The quantitative estimate of drug-likeness (QED) is 0.752. The van der Waals surface area contributed by atoms with E-state index in [9.17, 15) is 0 Å². The molecule has 102 valence electrons. The van der Waals surface area contributed by atoms with Crippen LogP contribution in [0.3, 0.4) is 0 Å². The maximum Gasteiger partial charge on any atom is 0.0644 e. The van der Waals surface area contributed by atoms with Crippen molar-refractivity contribution < 1.29 is 4.74 Å². The third-order valence-corrected chi connectivity index (χ3v) is 4.06. The summed E-state index contributed by atoms with van der Waals surface area (Å²) in [6.07, 6.45) is 3.68. The van der Waals surface area contributed by atoms with E-state index in [2.05, 4.69) is 23.8 Å². The smallest absolute Gasteiger partial charge is 0.0644 e. The second kappa shape index (κ2) is 5.85. The van der Waals surface area contributed by atoms with Gasteiger partial charge in [0.05, 0.1) is 5.69 Å². The van der Waals surface area contributed by atoms with E-state index >= 15 is 0 Å². The van der Waals surface area contributed by atoms with Crippen LogP contribution in [0.2, 0.25) is 0 Å². The van der Waals surface area contributed by atoms with E-state index in [0.29, 0.717) is 6.04 Å². The topological polar surface area (TPSA) is 30.3 Å². The molecule has 2 rings (SSSR count). The minimum absolute atomic E-state index is 0.565. The van der Waals surface area contributed by atoms with Gasteiger partial charge in [-0.2, -0.15) is 5.10 Å². The number of likely N-dealkylation sites (tertiary alicyclic amines) is 1. The highest BCUT2D eigenvalue weighted by Gasteiger charge is 2.29. The molecule has 18 heavy (non-hydrogen) atoms. The van der Waals surface area contributed by atoms with Gasteiger partial charge in [0.25, 0.3) is 0 Å². The number of methoxy groups -OCH3 is 1. The molecule has 4 nitrogen and oxygen atoms in total. The van der Waals surface area contributed by atoms with Crippen molar-refractivity contribution in [2.75, 3.05) is 26.8 Å². The summed E-state index contributed by atoms with van der Waals surface area (Å²) < 4.78 is 7.16. The van der Waals surface area contributed by atoms with Gasteiger partial charge >= 0.3 is 0 Å². The number of nitrogens with zero attached hydrogens (tertiary/aromatic N) is 3. The van der Waals surface area contributed by atoms with E-state index in [1.807, 2.05) is 11.7 Å². The molecule has 4 heteroatoms. The van der Waals surface area contributed by atoms with Gasteiger partial charge in [0, 0.05) is 44.6 Å². The molecule has 1 fully saturated rings. The molecule has 0 N–H and O–H groups in total. The number of aryl methyl sites for hydroxylation is 2. The Balaban J connectivity index is 2.10. The van der Waals surface area contributed by atoms with Crippen LogP contribution in [0, 0.1) is 13.8 Å². The SMILES string of the molecule is COCCCN1CCC[C@H]1c1c(C)nn(C)c1C. The number of hydrogen-bond donors (Lipinski definition) is 0. The largest absolute Gasteiger partial charge is 0.385 e. The molecule has 0 aliphatic carbocycles. The van der Waals surface area contributed by atoms with Crippen LogP contribution in [0.15, 0.2) is 0 Å². The lowest BCUT2D eigenvalue weighted by molar-refractivity contribution is 0.167. The molecule has 0 aromatic carbocycles. The van der Waals surface area contributed by atoms with Crippen molar-refractivity contribution in [2.45, 2.75) is 39.2 Å². The Morgan fingerprint density at radius 1 is 1.39 bits per heavy atom.